The first-order valence-corrected chi connectivity index (χ1v) is 12.9. The van der Waals surface area contributed by atoms with E-state index in [2.05, 4.69) is 12.6 Å². The van der Waals surface area contributed by atoms with Crippen LogP contribution in [-0.2, 0) is 33.2 Å². The van der Waals surface area contributed by atoms with Crippen molar-refractivity contribution in [3.63, 3.8) is 0 Å². The van der Waals surface area contributed by atoms with Crippen molar-refractivity contribution in [1.82, 2.24) is 0 Å². The Hall–Kier alpha value is -0.820. The fourth-order valence-corrected chi connectivity index (χ4v) is 4.60. The van der Waals surface area contributed by atoms with E-state index in [-0.39, 0.29) is 5.75 Å². The molecule has 3 saturated heterocycles. The van der Waals surface area contributed by atoms with Crippen molar-refractivity contribution in [1.29, 1.82) is 0 Å². The van der Waals surface area contributed by atoms with Crippen LogP contribution in [0.15, 0.2) is 0 Å². The highest BCUT2D eigenvalue weighted by Gasteiger charge is 2.61. The lowest BCUT2D eigenvalue weighted by molar-refractivity contribution is -0.400. The van der Waals surface area contributed by atoms with E-state index in [9.17, 15) is 55.9 Å². The van der Waals surface area contributed by atoms with Crippen molar-refractivity contribution in [3.05, 3.63) is 0 Å². The fraction of sp³-hybridized carbons (Fsp3) is 0.952. The number of aliphatic hydroxyl groups excluding tert-OH is 10. The molecule has 19 heteroatoms. The van der Waals surface area contributed by atoms with Crippen molar-refractivity contribution in [2.24, 2.45) is 5.73 Å². The third-order valence-corrected chi connectivity index (χ3v) is 7.27. The van der Waals surface area contributed by atoms with Crippen LogP contribution in [0.2, 0.25) is 0 Å². The number of thiol groups is 1. The lowest BCUT2D eigenvalue weighted by atomic mass is 9.98. The molecule has 0 aromatic carbocycles. The molecule has 12 N–H and O–H groups in total. The molecule has 3 fully saturated rings. The summed E-state index contributed by atoms with van der Waals surface area (Å²) < 4.78 is 32.4. The van der Waals surface area contributed by atoms with Crippen LogP contribution in [0.3, 0.4) is 0 Å². The van der Waals surface area contributed by atoms with Crippen molar-refractivity contribution in [2.75, 3.05) is 32.2 Å². The summed E-state index contributed by atoms with van der Waals surface area (Å²) in [5, 5.41) is 102. The first-order valence-electron chi connectivity index (χ1n) is 12.3. The molecular formula is C21H37NO17S. The molecule has 0 radical (unpaired) electrons. The lowest BCUT2D eigenvalue weighted by Crippen LogP contribution is -2.64. The van der Waals surface area contributed by atoms with E-state index in [4.69, 9.17) is 34.2 Å². The smallest absolute Gasteiger partial charge is 0.323 e. The highest BCUT2D eigenvalue weighted by atomic mass is 32.1. The van der Waals surface area contributed by atoms with Crippen molar-refractivity contribution in [2.45, 2.75) is 91.6 Å². The van der Waals surface area contributed by atoms with Gasteiger partial charge in [-0.25, -0.2) is 0 Å². The van der Waals surface area contributed by atoms with E-state index in [1.165, 1.54) is 0 Å². The Morgan fingerprint density at radius 3 is 1.90 bits per heavy atom. The largest absolute Gasteiger partial charge is 0.462 e. The zero-order valence-corrected chi connectivity index (χ0v) is 21.9. The molecule has 3 heterocycles. The number of aliphatic hydroxyl groups is 10. The molecule has 3 aliphatic rings. The zero-order chi connectivity index (χ0) is 29.9. The van der Waals surface area contributed by atoms with Gasteiger partial charge in [0, 0.05) is 5.75 Å². The van der Waals surface area contributed by atoms with Gasteiger partial charge in [-0.15, -0.1) is 0 Å². The number of esters is 1. The monoisotopic (exact) mass is 607 g/mol. The molecule has 0 aromatic heterocycles. The fourth-order valence-electron chi connectivity index (χ4n) is 4.46. The minimum atomic E-state index is -2.51. The molecule has 234 valence electrons. The number of hydrogen-bond donors (Lipinski definition) is 12. The third kappa shape index (κ3) is 6.71. The number of hydrogen-bond acceptors (Lipinski definition) is 19. The zero-order valence-electron chi connectivity index (χ0n) is 21.0. The molecule has 18 nitrogen and oxygen atoms in total. The summed E-state index contributed by atoms with van der Waals surface area (Å²) in [6.45, 7) is -3.47. The molecule has 0 amide bonds. The number of rotatable bonds is 11. The van der Waals surface area contributed by atoms with Gasteiger partial charge in [0.25, 0.3) is 0 Å². The van der Waals surface area contributed by atoms with Crippen molar-refractivity contribution in [3.8, 4) is 0 Å². The maximum absolute atomic E-state index is 11.9. The number of carbonyl (C=O) groups is 1. The number of ether oxygens (including phenoxy) is 6. The molecule has 0 saturated carbocycles. The second-order valence-corrected chi connectivity index (χ2v) is 9.97. The van der Waals surface area contributed by atoms with Gasteiger partial charge in [-0.05, 0) is 0 Å². The number of nitrogens with two attached hydrogens (primary N) is 1. The second kappa shape index (κ2) is 14.1. The van der Waals surface area contributed by atoms with E-state index >= 15 is 0 Å². The molecule has 15 atom stereocenters. The summed E-state index contributed by atoms with van der Waals surface area (Å²) >= 11 is 3.87. The Kier molecular flexibility index (Phi) is 11.9. The van der Waals surface area contributed by atoms with E-state index in [1.54, 1.807) is 0 Å². The summed E-state index contributed by atoms with van der Waals surface area (Å²) in [6.07, 6.45) is -23.1. The number of carbonyl (C=O) groups excluding carboxylic acids is 1. The molecule has 3 rings (SSSR count). The molecule has 0 spiro atoms. The van der Waals surface area contributed by atoms with Crippen LogP contribution in [0.5, 0.6) is 0 Å². The third-order valence-electron chi connectivity index (χ3n) is 6.88. The van der Waals surface area contributed by atoms with E-state index < -0.39 is 124 Å². The Morgan fingerprint density at radius 2 is 1.35 bits per heavy atom. The van der Waals surface area contributed by atoms with Crippen LogP contribution >= 0.6 is 12.6 Å². The minimum Gasteiger partial charge on any atom is -0.462 e. The molecule has 0 aliphatic carbocycles. The molecule has 40 heavy (non-hydrogen) atoms. The van der Waals surface area contributed by atoms with Gasteiger partial charge in [-0.1, -0.05) is 0 Å². The highest BCUT2D eigenvalue weighted by molar-refractivity contribution is 7.80. The first kappa shape index (κ1) is 33.7. The Morgan fingerprint density at radius 1 is 0.800 bits per heavy atom. The summed E-state index contributed by atoms with van der Waals surface area (Å²) in [4.78, 5) is 11.9. The first-order chi connectivity index (χ1) is 18.8. The van der Waals surface area contributed by atoms with Crippen LogP contribution < -0.4 is 5.73 Å². The van der Waals surface area contributed by atoms with Gasteiger partial charge in [0.15, 0.2) is 12.6 Å². The minimum absolute atomic E-state index is 0.0550. The average Bonchev–Trinajstić information content (AvgIpc) is 3.22. The second-order valence-electron chi connectivity index (χ2n) is 9.61. The highest BCUT2D eigenvalue weighted by Crippen LogP contribution is 2.39. The molecular weight excluding hydrogens is 570 g/mol. The van der Waals surface area contributed by atoms with Gasteiger partial charge < -0.3 is 85.2 Å². The van der Waals surface area contributed by atoms with Crippen molar-refractivity contribution < 1.29 is 84.3 Å². The molecule has 0 aromatic rings. The van der Waals surface area contributed by atoms with Crippen LogP contribution in [-0.4, -0.2) is 181 Å². The standard InChI is InChI=1S/C21H37NO17S/c22-6(4-40)18(33)34-3-9-11(27)14(30)16(32)20(36-9)39-21(5-25)17(12(28)8(2-24)38-21)37-19-15(31)13(29)10(26)7(1-23)35-19/h6-17,19-20,23-32,40H,1-5,22H2/t6-,7+,8+,9+,10+,11+,12+,13-,14-,15+,16+,17-,19+,20+,21-/m0/s1. The van der Waals surface area contributed by atoms with Crippen LogP contribution in [0.1, 0.15) is 0 Å². The lowest BCUT2D eigenvalue weighted by Gasteiger charge is -2.45. The predicted octanol–water partition coefficient (Wildman–Crippen LogP) is -7.76. The van der Waals surface area contributed by atoms with Crippen LogP contribution in [0, 0.1) is 0 Å². The van der Waals surface area contributed by atoms with Crippen molar-refractivity contribution >= 4 is 18.6 Å². The Balaban J connectivity index is 1.83. The van der Waals surface area contributed by atoms with E-state index in [0.29, 0.717) is 0 Å². The predicted molar refractivity (Wildman–Crippen MR) is 127 cm³/mol. The summed E-state index contributed by atoms with van der Waals surface area (Å²) in [6, 6.07) is -1.10. The van der Waals surface area contributed by atoms with Gasteiger partial charge in [0.1, 0.15) is 86.4 Å². The van der Waals surface area contributed by atoms with Gasteiger partial charge >= 0.3 is 5.97 Å². The average molecular weight is 608 g/mol. The van der Waals surface area contributed by atoms with Gasteiger partial charge in [-0.2, -0.15) is 12.6 Å². The van der Waals surface area contributed by atoms with Gasteiger partial charge in [-0.3, -0.25) is 4.79 Å². The maximum Gasteiger partial charge on any atom is 0.323 e. The van der Waals surface area contributed by atoms with Crippen LogP contribution in [0.25, 0.3) is 0 Å². The SMILES string of the molecule is N[C@@H](CS)C(=O)OC[C@H]1O[C@H](O[C@]2(CO)O[C@H](CO)[C@@H](O)[C@@H]2O[C@H]2O[C@H](CO)[C@@H](O)[C@H](O)[C@H]2O)[C@H](O)[C@@H](O)[C@@H]1O. The van der Waals surface area contributed by atoms with Crippen LogP contribution in [0.4, 0.5) is 0 Å². The van der Waals surface area contributed by atoms with Gasteiger partial charge in [0.05, 0.1) is 13.2 Å². The molecule has 3 aliphatic heterocycles. The molecule has 0 bridgehead atoms. The quantitative estimate of drug-likeness (QED) is 0.0766. The summed E-state index contributed by atoms with van der Waals surface area (Å²) in [5.41, 5.74) is 5.52. The Labute approximate surface area is 232 Å². The maximum atomic E-state index is 11.9. The summed E-state index contributed by atoms with van der Waals surface area (Å²) in [7, 11) is 0. The topological polar surface area (TPSA) is 301 Å². The molecule has 0 unspecified atom stereocenters. The summed E-state index contributed by atoms with van der Waals surface area (Å²) in [5.74, 6) is -3.47. The van der Waals surface area contributed by atoms with E-state index in [0.717, 1.165) is 0 Å². The Bertz CT molecular complexity index is 828. The van der Waals surface area contributed by atoms with Gasteiger partial charge in [0.2, 0.25) is 5.79 Å². The normalized spacial score (nSPS) is 46.8. The van der Waals surface area contributed by atoms with E-state index in [1.807, 2.05) is 0 Å².